The van der Waals surface area contributed by atoms with Gasteiger partial charge in [0.2, 0.25) is 5.91 Å². The van der Waals surface area contributed by atoms with Gasteiger partial charge in [-0.25, -0.2) is 4.39 Å². The summed E-state index contributed by atoms with van der Waals surface area (Å²) in [6.45, 7) is 1.92. The third-order valence-corrected chi connectivity index (χ3v) is 2.38. The molecule has 0 unspecified atom stereocenters. The number of amides is 2. The number of halogens is 1. The number of rotatable bonds is 6. The minimum absolute atomic E-state index is 0.0520. The van der Waals surface area contributed by atoms with Crippen LogP contribution in [0.15, 0.2) is 18.2 Å². The summed E-state index contributed by atoms with van der Waals surface area (Å²) in [5, 5.41) is 2.44. The van der Waals surface area contributed by atoms with Crippen molar-refractivity contribution in [2.75, 3.05) is 11.9 Å². The first-order valence-corrected chi connectivity index (χ1v) is 5.99. The molecule has 7 heteroatoms. The predicted molar refractivity (Wildman–Crippen MR) is 69.4 cm³/mol. The molecule has 6 nitrogen and oxygen atoms in total. The lowest BCUT2D eigenvalue weighted by molar-refractivity contribution is -0.144. The first-order valence-electron chi connectivity index (χ1n) is 5.99. The third-order valence-electron chi connectivity index (χ3n) is 2.38. The van der Waals surface area contributed by atoms with Crippen LogP contribution in [0.1, 0.15) is 30.1 Å². The number of hydrogen-bond donors (Lipinski definition) is 2. The topological polar surface area (TPSA) is 98.5 Å². The molecule has 0 aliphatic carbocycles. The molecule has 1 aromatic carbocycles. The molecule has 0 heterocycles. The zero-order chi connectivity index (χ0) is 15.1. The number of primary amides is 1. The number of carbonyl (C=O) groups is 3. The largest absolute Gasteiger partial charge is 0.466 e. The summed E-state index contributed by atoms with van der Waals surface area (Å²) >= 11 is 0. The molecule has 0 aromatic heterocycles. The molecule has 0 radical (unpaired) electrons. The van der Waals surface area contributed by atoms with Crippen LogP contribution in [-0.2, 0) is 14.3 Å². The monoisotopic (exact) mass is 282 g/mol. The van der Waals surface area contributed by atoms with E-state index in [1.165, 1.54) is 6.07 Å². The summed E-state index contributed by atoms with van der Waals surface area (Å²) in [4.78, 5) is 33.6. The first kappa shape index (κ1) is 15.6. The Morgan fingerprint density at radius 1 is 1.30 bits per heavy atom. The highest BCUT2D eigenvalue weighted by Crippen LogP contribution is 2.14. The van der Waals surface area contributed by atoms with Crippen molar-refractivity contribution in [1.29, 1.82) is 0 Å². The number of carbonyl (C=O) groups excluding carboxylic acids is 3. The van der Waals surface area contributed by atoms with Crippen molar-refractivity contribution < 1.29 is 23.5 Å². The van der Waals surface area contributed by atoms with E-state index >= 15 is 0 Å². The SMILES string of the molecule is CCOC(=O)CCC(=O)Nc1ccc(F)c(C(N)=O)c1. The van der Waals surface area contributed by atoms with Crippen LogP contribution >= 0.6 is 0 Å². The predicted octanol–water partition coefficient (Wildman–Crippen LogP) is 1.21. The third kappa shape index (κ3) is 4.68. The second kappa shape index (κ2) is 7.22. The van der Waals surface area contributed by atoms with E-state index < -0.39 is 23.6 Å². The maximum absolute atomic E-state index is 13.2. The second-order valence-electron chi connectivity index (χ2n) is 3.91. The Hall–Kier alpha value is -2.44. The molecule has 3 N–H and O–H groups in total. The maximum atomic E-state index is 13.2. The standard InChI is InChI=1S/C13H15FN2O4/c1-2-20-12(18)6-5-11(17)16-8-3-4-10(14)9(7-8)13(15)19/h3-4,7H,2,5-6H2,1H3,(H2,15,19)(H,16,17). The highest BCUT2D eigenvalue weighted by atomic mass is 19.1. The number of anilines is 1. The lowest BCUT2D eigenvalue weighted by Crippen LogP contribution is -2.17. The van der Waals surface area contributed by atoms with Crippen LogP contribution in [0.5, 0.6) is 0 Å². The van der Waals surface area contributed by atoms with Crippen molar-refractivity contribution >= 4 is 23.5 Å². The lowest BCUT2D eigenvalue weighted by atomic mass is 10.1. The smallest absolute Gasteiger partial charge is 0.306 e. The van der Waals surface area contributed by atoms with Crippen LogP contribution in [-0.4, -0.2) is 24.4 Å². The Labute approximate surface area is 115 Å². The number of ether oxygens (including phenoxy) is 1. The van der Waals surface area contributed by atoms with E-state index in [0.29, 0.717) is 0 Å². The zero-order valence-electron chi connectivity index (χ0n) is 10.9. The number of nitrogens with one attached hydrogen (secondary N) is 1. The van der Waals surface area contributed by atoms with Crippen LogP contribution in [0.2, 0.25) is 0 Å². The Morgan fingerprint density at radius 3 is 2.60 bits per heavy atom. The molecule has 0 fully saturated rings. The Bertz CT molecular complexity index is 531. The average Bonchev–Trinajstić information content (AvgIpc) is 2.39. The van der Waals surface area contributed by atoms with Gasteiger partial charge in [0.15, 0.2) is 0 Å². The van der Waals surface area contributed by atoms with Crippen molar-refractivity contribution in [3.05, 3.63) is 29.6 Å². The summed E-state index contributed by atoms with van der Waals surface area (Å²) in [5.74, 6) is -2.60. The number of hydrogen-bond acceptors (Lipinski definition) is 4. The molecule has 0 saturated heterocycles. The van der Waals surface area contributed by atoms with Gasteiger partial charge in [0.1, 0.15) is 5.82 Å². The van der Waals surface area contributed by atoms with E-state index in [9.17, 15) is 18.8 Å². The molecular formula is C13H15FN2O4. The molecule has 108 valence electrons. The molecule has 20 heavy (non-hydrogen) atoms. The van der Waals surface area contributed by atoms with Crippen LogP contribution < -0.4 is 11.1 Å². The van der Waals surface area contributed by atoms with Crippen LogP contribution in [0.25, 0.3) is 0 Å². The van der Waals surface area contributed by atoms with Crippen LogP contribution in [0.3, 0.4) is 0 Å². The minimum Gasteiger partial charge on any atom is -0.466 e. The fraction of sp³-hybridized carbons (Fsp3) is 0.308. The fourth-order valence-corrected chi connectivity index (χ4v) is 1.46. The summed E-state index contributed by atoms with van der Waals surface area (Å²) in [5.41, 5.74) is 4.91. The Balaban J connectivity index is 2.60. The Kier molecular flexibility index (Phi) is 5.64. The van der Waals surface area contributed by atoms with Gasteiger partial charge in [-0.1, -0.05) is 0 Å². The van der Waals surface area contributed by atoms with Crippen molar-refractivity contribution in [2.24, 2.45) is 5.73 Å². The minimum atomic E-state index is -0.926. The molecule has 0 aliphatic heterocycles. The van der Waals surface area contributed by atoms with E-state index in [0.717, 1.165) is 12.1 Å². The summed E-state index contributed by atoms with van der Waals surface area (Å²) in [6, 6.07) is 3.46. The Morgan fingerprint density at radius 2 is 2.00 bits per heavy atom. The molecule has 2 amide bonds. The maximum Gasteiger partial charge on any atom is 0.306 e. The average molecular weight is 282 g/mol. The van der Waals surface area contributed by atoms with Crippen molar-refractivity contribution in [1.82, 2.24) is 0 Å². The van der Waals surface area contributed by atoms with E-state index in [-0.39, 0.29) is 30.7 Å². The summed E-state index contributed by atoms with van der Waals surface area (Å²) in [6.07, 6.45) is -0.119. The molecular weight excluding hydrogens is 267 g/mol. The van der Waals surface area contributed by atoms with Gasteiger partial charge in [-0.2, -0.15) is 0 Å². The van der Waals surface area contributed by atoms with Crippen molar-refractivity contribution in [3.63, 3.8) is 0 Å². The summed E-state index contributed by atoms with van der Waals surface area (Å²) < 4.78 is 17.9. The van der Waals surface area contributed by atoms with Gasteiger partial charge in [0.05, 0.1) is 18.6 Å². The van der Waals surface area contributed by atoms with Gasteiger partial charge in [-0.05, 0) is 25.1 Å². The molecule has 0 spiro atoms. The lowest BCUT2D eigenvalue weighted by Gasteiger charge is -2.07. The number of benzene rings is 1. The van der Waals surface area contributed by atoms with Crippen LogP contribution in [0, 0.1) is 5.82 Å². The molecule has 0 aliphatic rings. The van der Waals surface area contributed by atoms with Gasteiger partial charge in [-0.15, -0.1) is 0 Å². The zero-order valence-corrected chi connectivity index (χ0v) is 10.9. The molecule has 0 bridgehead atoms. The van der Waals surface area contributed by atoms with E-state index in [1.54, 1.807) is 6.92 Å². The van der Waals surface area contributed by atoms with Gasteiger partial charge in [0, 0.05) is 12.1 Å². The van der Waals surface area contributed by atoms with Crippen molar-refractivity contribution in [2.45, 2.75) is 19.8 Å². The normalized spacial score (nSPS) is 9.90. The highest BCUT2D eigenvalue weighted by molar-refractivity contribution is 5.97. The first-order chi connectivity index (χ1) is 9.43. The van der Waals surface area contributed by atoms with Crippen LogP contribution in [0.4, 0.5) is 10.1 Å². The molecule has 1 aromatic rings. The molecule has 1 rings (SSSR count). The van der Waals surface area contributed by atoms with E-state index in [1.807, 2.05) is 0 Å². The van der Waals surface area contributed by atoms with Gasteiger partial charge >= 0.3 is 5.97 Å². The second-order valence-corrected chi connectivity index (χ2v) is 3.91. The molecule has 0 saturated carbocycles. The van der Waals surface area contributed by atoms with Crippen molar-refractivity contribution in [3.8, 4) is 0 Å². The van der Waals surface area contributed by atoms with Gasteiger partial charge in [-0.3, -0.25) is 14.4 Å². The summed E-state index contributed by atoms with van der Waals surface area (Å²) in [7, 11) is 0. The number of nitrogens with two attached hydrogens (primary N) is 1. The van der Waals surface area contributed by atoms with E-state index in [2.05, 4.69) is 10.1 Å². The van der Waals surface area contributed by atoms with E-state index in [4.69, 9.17) is 5.73 Å². The fourth-order valence-electron chi connectivity index (χ4n) is 1.46. The van der Waals surface area contributed by atoms with Gasteiger partial charge in [0.25, 0.3) is 5.91 Å². The number of esters is 1. The molecule has 0 atom stereocenters. The van der Waals surface area contributed by atoms with Gasteiger partial charge < -0.3 is 15.8 Å². The quantitative estimate of drug-likeness (QED) is 0.766. The highest BCUT2D eigenvalue weighted by Gasteiger charge is 2.11.